The Labute approximate surface area is 134 Å². The maximum atomic E-state index is 12.4. The molecule has 0 spiro atoms. The molecule has 0 radical (unpaired) electrons. The third kappa shape index (κ3) is 2.67. The van der Waals surface area contributed by atoms with Gasteiger partial charge in [0.05, 0.1) is 6.61 Å². The number of hydrogen-bond acceptors (Lipinski definition) is 2. The van der Waals surface area contributed by atoms with E-state index in [1.165, 1.54) is 5.56 Å². The highest BCUT2D eigenvalue weighted by molar-refractivity contribution is 9.10. The van der Waals surface area contributed by atoms with Crippen LogP contribution in [0, 0.1) is 0 Å². The van der Waals surface area contributed by atoms with Crippen molar-refractivity contribution in [2.75, 3.05) is 6.61 Å². The average Bonchev–Trinajstić information content (AvgIpc) is 2.87. The second-order valence-corrected chi connectivity index (χ2v) is 6.50. The van der Waals surface area contributed by atoms with Gasteiger partial charge in [0, 0.05) is 32.9 Å². The molecule has 4 heteroatoms. The summed E-state index contributed by atoms with van der Waals surface area (Å²) >= 11 is 6.93. The van der Waals surface area contributed by atoms with Gasteiger partial charge >= 0.3 is 0 Å². The number of fused-ring (bicyclic) bond motifs is 1. The Balaban J connectivity index is 1.93. The van der Waals surface area contributed by atoms with Crippen LogP contribution in [0.15, 0.2) is 45.3 Å². The Morgan fingerprint density at radius 1 is 1.20 bits per heavy atom. The van der Waals surface area contributed by atoms with Gasteiger partial charge in [-0.05, 0) is 23.8 Å². The Kier molecular flexibility index (Phi) is 3.94. The second kappa shape index (κ2) is 5.70. The van der Waals surface area contributed by atoms with Crippen molar-refractivity contribution in [1.29, 1.82) is 0 Å². The molecule has 2 aromatic carbocycles. The Bertz CT molecular complexity index is 680. The lowest BCUT2D eigenvalue weighted by molar-refractivity contribution is 0.0991. The number of benzene rings is 2. The topological polar surface area (TPSA) is 26.3 Å². The minimum atomic E-state index is 0.0910. The molecule has 0 unspecified atom stereocenters. The summed E-state index contributed by atoms with van der Waals surface area (Å²) in [6.07, 6.45) is 1.26. The zero-order valence-electron chi connectivity index (χ0n) is 10.7. The van der Waals surface area contributed by atoms with Crippen molar-refractivity contribution in [2.24, 2.45) is 0 Å². The highest BCUT2D eigenvalue weighted by Crippen LogP contribution is 2.34. The van der Waals surface area contributed by atoms with Crippen molar-refractivity contribution in [3.63, 3.8) is 0 Å². The van der Waals surface area contributed by atoms with E-state index in [2.05, 4.69) is 37.9 Å². The first-order valence-corrected chi connectivity index (χ1v) is 7.95. The van der Waals surface area contributed by atoms with Crippen LogP contribution in [0.25, 0.3) is 0 Å². The number of carbonyl (C=O) groups excluding carboxylic acids is 1. The van der Waals surface area contributed by atoms with Crippen molar-refractivity contribution in [2.45, 2.75) is 12.8 Å². The van der Waals surface area contributed by atoms with Gasteiger partial charge in [-0.15, -0.1) is 0 Å². The van der Waals surface area contributed by atoms with Crippen molar-refractivity contribution in [3.8, 4) is 5.75 Å². The fraction of sp³-hybridized carbons (Fsp3) is 0.188. The third-order valence-corrected chi connectivity index (χ3v) is 4.50. The number of hydrogen-bond donors (Lipinski definition) is 0. The lowest BCUT2D eigenvalue weighted by Gasteiger charge is -2.09. The molecule has 1 aliphatic rings. The summed E-state index contributed by atoms with van der Waals surface area (Å²) in [6, 6.07) is 11.5. The standard InChI is InChI=1S/C16H12Br2O2/c17-12-7-10-5-6-20-16(10)11(8-12)9-15(19)13-3-1-2-4-14(13)18/h1-4,7-8H,5-6,9H2. The summed E-state index contributed by atoms with van der Waals surface area (Å²) in [7, 11) is 0. The largest absolute Gasteiger partial charge is 0.493 e. The van der Waals surface area contributed by atoms with Gasteiger partial charge in [0.1, 0.15) is 5.75 Å². The van der Waals surface area contributed by atoms with Gasteiger partial charge in [-0.1, -0.05) is 50.1 Å². The molecule has 0 atom stereocenters. The SMILES string of the molecule is O=C(Cc1cc(Br)cc2c1OCC2)c1ccccc1Br. The van der Waals surface area contributed by atoms with Crippen LogP contribution in [0.5, 0.6) is 5.75 Å². The molecular formula is C16H12Br2O2. The molecule has 0 aliphatic carbocycles. The van der Waals surface area contributed by atoms with E-state index in [0.29, 0.717) is 18.6 Å². The predicted molar refractivity (Wildman–Crippen MR) is 85.5 cm³/mol. The smallest absolute Gasteiger partial charge is 0.168 e. The van der Waals surface area contributed by atoms with E-state index >= 15 is 0 Å². The van der Waals surface area contributed by atoms with E-state index in [-0.39, 0.29) is 5.78 Å². The quantitative estimate of drug-likeness (QED) is 0.711. The molecule has 20 heavy (non-hydrogen) atoms. The maximum Gasteiger partial charge on any atom is 0.168 e. The molecule has 0 bridgehead atoms. The number of Topliss-reactive ketones (excluding diaryl/α,β-unsaturated/α-hetero) is 1. The van der Waals surface area contributed by atoms with E-state index in [1.54, 1.807) is 0 Å². The van der Waals surface area contributed by atoms with Crippen molar-refractivity contribution in [3.05, 3.63) is 62.0 Å². The zero-order valence-corrected chi connectivity index (χ0v) is 13.8. The molecule has 0 aromatic heterocycles. The average molecular weight is 396 g/mol. The Morgan fingerprint density at radius 3 is 2.80 bits per heavy atom. The van der Waals surface area contributed by atoms with Gasteiger partial charge in [-0.25, -0.2) is 0 Å². The van der Waals surface area contributed by atoms with E-state index in [9.17, 15) is 4.79 Å². The van der Waals surface area contributed by atoms with E-state index < -0.39 is 0 Å². The highest BCUT2D eigenvalue weighted by atomic mass is 79.9. The normalized spacial score (nSPS) is 12.9. The lowest BCUT2D eigenvalue weighted by atomic mass is 10.00. The third-order valence-electron chi connectivity index (χ3n) is 3.35. The zero-order chi connectivity index (χ0) is 14.1. The van der Waals surface area contributed by atoms with Crippen LogP contribution in [-0.2, 0) is 12.8 Å². The van der Waals surface area contributed by atoms with Gasteiger partial charge in [-0.2, -0.15) is 0 Å². The summed E-state index contributed by atoms with van der Waals surface area (Å²) in [5.41, 5.74) is 2.83. The molecule has 0 amide bonds. The minimum Gasteiger partial charge on any atom is -0.493 e. The van der Waals surface area contributed by atoms with Crippen LogP contribution in [0.2, 0.25) is 0 Å². The van der Waals surface area contributed by atoms with Gasteiger partial charge in [0.25, 0.3) is 0 Å². The Hall–Kier alpha value is -1.13. The number of ether oxygens (including phenoxy) is 1. The summed E-state index contributed by atoms with van der Waals surface area (Å²) in [6.45, 7) is 0.696. The lowest BCUT2D eigenvalue weighted by Crippen LogP contribution is -2.05. The summed E-state index contributed by atoms with van der Waals surface area (Å²) in [5.74, 6) is 0.974. The second-order valence-electron chi connectivity index (χ2n) is 4.73. The monoisotopic (exact) mass is 394 g/mol. The van der Waals surface area contributed by atoms with Crippen LogP contribution in [0.1, 0.15) is 21.5 Å². The van der Waals surface area contributed by atoms with E-state index in [4.69, 9.17) is 4.74 Å². The molecule has 1 heterocycles. The van der Waals surface area contributed by atoms with Crippen LogP contribution in [0.4, 0.5) is 0 Å². The van der Waals surface area contributed by atoms with Crippen molar-refractivity contribution in [1.82, 2.24) is 0 Å². The molecule has 0 fully saturated rings. The van der Waals surface area contributed by atoms with Crippen LogP contribution < -0.4 is 4.74 Å². The number of rotatable bonds is 3. The Morgan fingerprint density at radius 2 is 2.00 bits per heavy atom. The molecule has 2 aromatic rings. The number of ketones is 1. The number of carbonyl (C=O) groups is 1. The van der Waals surface area contributed by atoms with E-state index in [1.807, 2.05) is 30.3 Å². The summed E-state index contributed by atoms with van der Waals surface area (Å²) in [5, 5.41) is 0. The molecule has 0 saturated heterocycles. The molecular weight excluding hydrogens is 384 g/mol. The van der Waals surface area contributed by atoms with Gasteiger partial charge in [-0.3, -0.25) is 4.79 Å². The van der Waals surface area contributed by atoms with Crippen LogP contribution >= 0.6 is 31.9 Å². The van der Waals surface area contributed by atoms with Crippen molar-refractivity contribution >= 4 is 37.6 Å². The maximum absolute atomic E-state index is 12.4. The van der Waals surface area contributed by atoms with Crippen LogP contribution in [-0.4, -0.2) is 12.4 Å². The van der Waals surface area contributed by atoms with Crippen LogP contribution in [0.3, 0.4) is 0 Å². The summed E-state index contributed by atoms with van der Waals surface area (Å²) < 4.78 is 7.49. The fourth-order valence-electron chi connectivity index (χ4n) is 2.43. The van der Waals surface area contributed by atoms with Gasteiger partial charge < -0.3 is 4.74 Å². The summed E-state index contributed by atoms with van der Waals surface area (Å²) in [4.78, 5) is 12.4. The highest BCUT2D eigenvalue weighted by Gasteiger charge is 2.20. The molecule has 3 rings (SSSR count). The molecule has 2 nitrogen and oxygen atoms in total. The number of halogens is 2. The van der Waals surface area contributed by atoms with Crippen molar-refractivity contribution < 1.29 is 9.53 Å². The molecule has 0 saturated carbocycles. The predicted octanol–water partition coefficient (Wildman–Crippen LogP) is 4.57. The molecule has 1 aliphatic heterocycles. The first-order chi connectivity index (χ1) is 9.65. The molecule has 102 valence electrons. The fourth-order valence-corrected chi connectivity index (χ4v) is 3.49. The minimum absolute atomic E-state index is 0.0910. The first-order valence-electron chi connectivity index (χ1n) is 6.37. The van der Waals surface area contributed by atoms with E-state index in [0.717, 1.165) is 26.7 Å². The first kappa shape index (κ1) is 13.8. The molecule has 0 N–H and O–H groups in total. The van der Waals surface area contributed by atoms with Gasteiger partial charge in [0.15, 0.2) is 5.78 Å². The van der Waals surface area contributed by atoms with Gasteiger partial charge in [0.2, 0.25) is 0 Å².